The lowest BCUT2D eigenvalue weighted by Gasteiger charge is -2.24. The van der Waals surface area contributed by atoms with E-state index in [1.165, 1.54) is 6.07 Å². The van der Waals surface area contributed by atoms with Crippen LogP contribution in [-0.4, -0.2) is 35.1 Å². The van der Waals surface area contributed by atoms with Gasteiger partial charge in [-0.05, 0) is 56.5 Å². The van der Waals surface area contributed by atoms with Crippen LogP contribution in [0.15, 0.2) is 48.7 Å². The lowest BCUT2D eigenvalue weighted by molar-refractivity contribution is -0.385. The number of ether oxygens (including phenoxy) is 1. The third kappa shape index (κ3) is 5.45. The predicted octanol–water partition coefficient (Wildman–Crippen LogP) is 4.42. The van der Waals surface area contributed by atoms with Crippen molar-refractivity contribution in [2.75, 3.05) is 19.7 Å². The molecule has 2 N–H and O–H groups in total. The summed E-state index contributed by atoms with van der Waals surface area (Å²) in [7, 11) is 0. The lowest BCUT2D eigenvalue weighted by Crippen LogP contribution is -2.38. The van der Waals surface area contributed by atoms with Gasteiger partial charge in [0.05, 0.1) is 17.1 Å². The van der Waals surface area contributed by atoms with Crippen LogP contribution in [0, 0.1) is 10.1 Å². The van der Waals surface area contributed by atoms with E-state index in [9.17, 15) is 10.1 Å². The Labute approximate surface area is 166 Å². The summed E-state index contributed by atoms with van der Waals surface area (Å²) in [5.41, 5.74) is 7.85. The molecule has 0 saturated carbocycles. The van der Waals surface area contributed by atoms with Gasteiger partial charge in [-0.15, -0.1) is 0 Å². The molecular weight excluding hydrogens is 354 g/mol. The van der Waals surface area contributed by atoms with Gasteiger partial charge >= 0.3 is 0 Å². The van der Waals surface area contributed by atoms with Crippen LogP contribution in [0.2, 0.25) is 0 Å². The second kappa shape index (κ2) is 9.06. The van der Waals surface area contributed by atoms with Crippen molar-refractivity contribution in [2.45, 2.75) is 44.1 Å². The third-order valence-electron chi connectivity index (χ3n) is 5.43. The van der Waals surface area contributed by atoms with Gasteiger partial charge in [-0.25, -0.2) is 0 Å². The first-order valence-electron chi connectivity index (χ1n) is 9.95. The molecule has 0 aromatic heterocycles. The monoisotopic (exact) mass is 383 g/mol. The van der Waals surface area contributed by atoms with Crippen LogP contribution in [0.4, 0.5) is 5.69 Å². The maximum Gasteiger partial charge on any atom is 0.276 e. The average Bonchev–Trinajstić information content (AvgIpc) is 3.12. The Morgan fingerprint density at radius 3 is 2.86 bits per heavy atom. The minimum atomic E-state index is -0.390. The Morgan fingerprint density at radius 2 is 2.11 bits per heavy atom. The maximum atomic E-state index is 11.3. The van der Waals surface area contributed by atoms with Gasteiger partial charge in [-0.1, -0.05) is 24.3 Å². The summed E-state index contributed by atoms with van der Waals surface area (Å²) < 4.78 is 5.88. The van der Waals surface area contributed by atoms with E-state index in [0.717, 1.165) is 50.8 Å². The largest absolute Gasteiger partial charge is 0.493 e. The van der Waals surface area contributed by atoms with Crippen LogP contribution in [0.3, 0.4) is 0 Å². The summed E-state index contributed by atoms with van der Waals surface area (Å²) in [6, 6.07) is 4.89. The Balaban J connectivity index is 1.65. The van der Waals surface area contributed by atoms with E-state index in [1.54, 1.807) is 18.2 Å². The van der Waals surface area contributed by atoms with Gasteiger partial charge in [0.15, 0.2) is 0 Å². The molecule has 150 valence electrons. The zero-order valence-electron chi connectivity index (χ0n) is 16.3. The number of nitrogens with two attached hydrogens (primary N) is 1. The SMILES string of the molecule is C=C1C=CC(N)(CCOc2ccc([N+](=O)[O-])c(/C=C/N3CCCC3)c2)CCC1. The molecule has 0 amide bonds. The highest BCUT2D eigenvalue weighted by Crippen LogP contribution is 2.28. The van der Waals surface area contributed by atoms with Gasteiger partial charge in [0.1, 0.15) is 5.75 Å². The van der Waals surface area contributed by atoms with Crippen molar-refractivity contribution in [2.24, 2.45) is 5.73 Å². The second-order valence-electron chi connectivity index (χ2n) is 7.71. The molecule has 0 bridgehead atoms. The highest BCUT2D eigenvalue weighted by molar-refractivity contribution is 5.62. The standard InChI is InChI=1S/C22H29N3O3/c1-18-5-4-10-22(23,11-8-18)12-16-28-20-6-7-21(25(26)27)19(17-20)9-15-24-13-2-3-14-24/h6-9,11,15,17H,1-5,10,12-14,16,23H2/b15-9+. The third-order valence-corrected chi connectivity index (χ3v) is 5.43. The molecule has 1 fully saturated rings. The molecule has 6 nitrogen and oxygen atoms in total. The number of hydrogen-bond acceptors (Lipinski definition) is 5. The molecule has 1 aromatic carbocycles. The van der Waals surface area contributed by atoms with E-state index in [0.29, 0.717) is 24.3 Å². The van der Waals surface area contributed by atoms with E-state index in [2.05, 4.69) is 11.5 Å². The van der Waals surface area contributed by atoms with Crippen LogP contribution < -0.4 is 10.5 Å². The molecule has 1 atom stereocenters. The first-order valence-corrected chi connectivity index (χ1v) is 9.95. The van der Waals surface area contributed by atoms with Gasteiger partial charge in [0.25, 0.3) is 5.69 Å². The molecule has 1 aliphatic carbocycles. The first-order chi connectivity index (χ1) is 13.5. The quantitative estimate of drug-likeness (QED) is 0.557. The topological polar surface area (TPSA) is 81.6 Å². The minimum absolute atomic E-state index is 0.0864. The molecule has 3 rings (SSSR count). The van der Waals surface area contributed by atoms with Crippen molar-refractivity contribution in [3.63, 3.8) is 0 Å². The van der Waals surface area contributed by atoms with E-state index >= 15 is 0 Å². The summed E-state index contributed by atoms with van der Waals surface area (Å²) in [5.74, 6) is 0.622. The number of nitro groups is 1. The fourth-order valence-corrected chi connectivity index (χ4v) is 3.66. The average molecular weight is 383 g/mol. The van der Waals surface area contributed by atoms with Gasteiger partial charge in [0, 0.05) is 31.1 Å². The Kier molecular flexibility index (Phi) is 6.52. The summed E-state index contributed by atoms with van der Waals surface area (Å²) >= 11 is 0. The number of likely N-dealkylation sites (tertiary alicyclic amines) is 1. The van der Waals surface area contributed by atoms with Crippen LogP contribution in [0.25, 0.3) is 6.08 Å². The van der Waals surface area contributed by atoms with Crippen LogP contribution in [0.1, 0.15) is 44.1 Å². The number of rotatable bonds is 7. The number of nitrogens with zero attached hydrogens (tertiary/aromatic N) is 2. The maximum absolute atomic E-state index is 11.3. The van der Waals surface area contributed by atoms with Crippen LogP contribution in [0.5, 0.6) is 5.75 Å². The predicted molar refractivity (Wildman–Crippen MR) is 112 cm³/mol. The van der Waals surface area contributed by atoms with Crippen molar-refractivity contribution in [3.05, 3.63) is 64.4 Å². The summed E-state index contributed by atoms with van der Waals surface area (Å²) in [6.07, 6.45) is 13.7. The molecule has 6 heteroatoms. The minimum Gasteiger partial charge on any atom is -0.493 e. The number of allylic oxidation sites excluding steroid dienone is 2. The van der Waals surface area contributed by atoms with Crippen molar-refractivity contribution >= 4 is 11.8 Å². The lowest BCUT2D eigenvalue weighted by atomic mass is 9.92. The molecule has 1 saturated heterocycles. The fourth-order valence-electron chi connectivity index (χ4n) is 3.66. The molecule has 0 spiro atoms. The van der Waals surface area contributed by atoms with Crippen molar-refractivity contribution < 1.29 is 9.66 Å². The van der Waals surface area contributed by atoms with Gasteiger partial charge in [0.2, 0.25) is 0 Å². The number of benzene rings is 1. The van der Waals surface area contributed by atoms with Gasteiger partial charge < -0.3 is 15.4 Å². The Hall–Kier alpha value is -2.60. The van der Waals surface area contributed by atoms with E-state index in [4.69, 9.17) is 10.5 Å². The molecule has 1 aromatic rings. The number of nitro benzene ring substituents is 1. The van der Waals surface area contributed by atoms with Gasteiger partial charge in [-0.3, -0.25) is 10.1 Å². The van der Waals surface area contributed by atoms with E-state index in [-0.39, 0.29) is 10.6 Å². The fraction of sp³-hybridized carbons (Fsp3) is 0.455. The van der Waals surface area contributed by atoms with Crippen LogP contribution >= 0.6 is 0 Å². The normalized spacial score (nSPS) is 22.6. The van der Waals surface area contributed by atoms with Crippen LogP contribution in [-0.2, 0) is 0 Å². The highest BCUT2D eigenvalue weighted by atomic mass is 16.6. The summed E-state index contributed by atoms with van der Waals surface area (Å²) in [5, 5.41) is 11.3. The second-order valence-corrected chi connectivity index (χ2v) is 7.71. The highest BCUT2D eigenvalue weighted by Gasteiger charge is 2.23. The Morgan fingerprint density at radius 1 is 1.32 bits per heavy atom. The zero-order chi connectivity index (χ0) is 20.0. The molecular formula is C22H29N3O3. The molecule has 0 radical (unpaired) electrons. The first kappa shape index (κ1) is 20.1. The number of hydrogen-bond donors (Lipinski definition) is 1. The zero-order valence-corrected chi connectivity index (χ0v) is 16.3. The molecule has 28 heavy (non-hydrogen) atoms. The Bertz CT molecular complexity index is 781. The van der Waals surface area contributed by atoms with E-state index < -0.39 is 5.54 Å². The van der Waals surface area contributed by atoms with E-state index in [1.807, 2.05) is 18.4 Å². The molecule has 2 aliphatic rings. The molecule has 1 heterocycles. The molecule has 1 aliphatic heterocycles. The summed E-state index contributed by atoms with van der Waals surface area (Å²) in [4.78, 5) is 13.2. The summed E-state index contributed by atoms with van der Waals surface area (Å²) in [6.45, 7) is 6.46. The smallest absolute Gasteiger partial charge is 0.276 e. The van der Waals surface area contributed by atoms with Gasteiger partial charge in [-0.2, -0.15) is 0 Å². The van der Waals surface area contributed by atoms with Crippen molar-refractivity contribution in [1.29, 1.82) is 0 Å². The van der Waals surface area contributed by atoms with Crippen molar-refractivity contribution in [3.8, 4) is 5.75 Å². The van der Waals surface area contributed by atoms with Crippen molar-refractivity contribution in [1.82, 2.24) is 4.90 Å². The molecule has 1 unspecified atom stereocenters.